The molecule has 0 spiro atoms. The van der Waals surface area contributed by atoms with Crippen molar-refractivity contribution in [2.24, 2.45) is 0 Å². The second kappa shape index (κ2) is 4.77. The van der Waals surface area contributed by atoms with Crippen LogP contribution in [0.25, 0.3) is 0 Å². The Balaban J connectivity index is 0.00000180. The zero-order valence-electron chi connectivity index (χ0n) is 10.7. The molecule has 0 aromatic heterocycles. The van der Waals surface area contributed by atoms with Gasteiger partial charge in [0.1, 0.15) is 5.60 Å². The van der Waals surface area contributed by atoms with Crippen LogP contribution in [-0.4, -0.2) is 11.6 Å². The Kier molecular flexibility index (Phi) is 4.14. The molecule has 1 heterocycles. The molecule has 98 valence electrons. The summed E-state index contributed by atoms with van der Waals surface area (Å²) in [4.78, 5) is 11.1. The quantitative estimate of drug-likeness (QED) is 0.488. The molecular weight excluding hydrogens is 272 g/mol. The molecule has 1 aliphatic heterocycles. The van der Waals surface area contributed by atoms with Gasteiger partial charge in [-0.1, -0.05) is 12.1 Å². The molecule has 1 saturated heterocycles. The summed E-state index contributed by atoms with van der Waals surface area (Å²) in [5.74, 6) is -1.45. The van der Waals surface area contributed by atoms with Gasteiger partial charge >= 0.3 is 35.7 Å². The second-order valence-corrected chi connectivity index (χ2v) is 4.66. The van der Waals surface area contributed by atoms with Gasteiger partial charge in [-0.3, -0.25) is 0 Å². The molecule has 2 rings (SSSR count). The molecule has 1 fully saturated rings. The van der Waals surface area contributed by atoms with Crippen LogP contribution >= 0.6 is 0 Å². The van der Waals surface area contributed by atoms with Crippen LogP contribution in [0.1, 0.15) is 25.0 Å². The molecule has 1 aromatic rings. The SMILES string of the molecule is CC1(C)OC1(C(=O)[O-])c1ccc(C(F)(F)F)cc1.[Na+]. The number of carbonyl (C=O) groups excluding carboxylic acids is 1. The monoisotopic (exact) mass is 282 g/mol. The van der Waals surface area contributed by atoms with Crippen molar-refractivity contribution in [1.82, 2.24) is 0 Å². The molecule has 3 nitrogen and oxygen atoms in total. The first-order chi connectivity index (χ1) is 8.11. The molecule has 1 aromatic carbocycles. The maximum atomic E-state index is 12.4. The van der Waals surface area contributed by atoms with E-state index in [9.17, 15) is 23.1 Å². The van der Waals surface area contributed by atoms with Crippen molar-refractivity contribution in [3.05, 3.63) is 35.4 Å². The van der Waals surface area contributed by atoms with Gasteiger partial charge in [0.2, 0.25) is 0 Å². The number of carboxylic acid groups (broad SMARTS) is 1. The Morgan fingerprint density at radius 3 is 1.89 bits per heavy atom. The fourth-order valence-corrected chi connectivity index (χ4v) is 2.06. The average molecular weight is 282 g/mol. The van der Waals surface area contributed by atoms with Crippen molar-refractivity contribution < 1.29 is 57.4 Å². The first-order valence-corrected chi connectivity index (χ1v) is 5.20. The predicted molar refractivity (Wildman–Crippen MR) is 53.3 cm³/mol. The zero-order chi connectivity index (χ0) is 13.8. The topological polar surface area (TPSA) is 52.7 Å². The number of halogens is 3. The van der Waals surface area contributed by atoms with Crippen molar-refractivity contribution in [2.75, 3.05) is 0 Å². The van der Waals surface area contributed by atoms with Crippen molar-refractivity contribution >= 4 is 5.97 Å². The molecule has 1 unspecified atom stereocenters. The van der Waals surface area contributed by atoms with E-state index in [1.807, 2.05) is 0 Å². The summed E-state index contributed by atoms with van der Waals surface area (Å²) in [7, 11) is 0. The van der Waals surface area contributed by atoms with E-state index in [1.165, 1.54) is 0 Å². The van der Waals surface area contributed by atoms with Gasteiger partial charge in [0.05, 0.1) is 11.5 Å². The third kappa shape index (κ3) is 2.54. The van der Waals surface area contributed by atoms with Crippen molar-refractivity contribution in [3.63, 3.8) is 0 Å². The van der Waals surface area contributed by atoms with E-state index in [2.05, 4.69) is 0 Å². The summed E-state index contributed by atoms with van der Waals surface area (Å²) in [5, 5.41) is 11.1. The van der Waals surface area contributed by atoms with Crippen LogP contribution in [0.3, 0.4) is 0 Å². The smallest absolute Gasteiger partial charge is 0.546 e. The number of alkyl halides is 3. The largest absolute Gasteiger partial charge is 1.00 e. The van der Waals surface area contributed by atoms with Crippen molar-refractivity contribution in [2.45, 2.75) is 31.2 Å². The van der Waals surface area contributed by atoms with Crippen molar-refractivity contribution in [3.8, 4) is 0 Å². The van der Waals surface area contributed by atoms with Gasteiger partial charge in [-0.25, -0.2) is 0 Å². The first kappa shape index (κ1) is 16.5. The molecule has 1 aliphatic rings. The van der Waals surface area contributed by atoms with E-state index in [1.54, 1.807) is 13.8 Å². The minimum Gasteiger partial charge on any atom is -0.546 e. The van der Waals surface area contributed by atoms with Crippen LogP contribution in [0.2, 0.25) is 0 Å². The Hall–Kier alpha value is -0.560. The summed E-state index contributed by atoms with van der Waals surface area (Å²) >= 11 is 0. The number of hydrogen-bond donors (Lipinski definition) is 0. The van der Waals surface area contributed by atoms with Gasteiger partial charge in [0.15, 0.2) is 5.60 Å². The summed E-state index contributed by atoms with van der Waals surface area (Å²) < 4.78 is 42.3. The number of hydrogen-bond acceptors (Lipinski definition) is 3. The van der Waals surface area contributed by atoms with Gasteiger partial charge in [-0.05, 0) is 31.5 Å². The Labute approximate surface area is 130 Å². The number of rotatable bonds is 2. The molecule has 19 heavy (non-hydrogen) atoms. The fraction of sp³-hybridized carbons (Fsp3) is 0.417. The predicted octanol–water partition coefficient (Wildman–Crippen LogP) is -1.54. The third-order valence-corrected chi connectivity index (χ3v) is 3.12. The van der Waals surface area contributed by atoms with Crippen LogP contribution in [0.15, 0.2) is 24.3 Å². The van der Waals surface area contributed by atoms with E-state index in [0.717, 1.165) is 24.3 Å². The maximum absolute atomic E-state index is 12.4. The van der Waals surface area contributed by atoms with E-state index in [0.29, 0.717) is 0 Å². The summed E-state index contributed by atoms with van der Waals surface area (Å²) in [6.07, 6.45) is -4.45. The molecule has 1 atom stereocenters. The Morgan fingerprint density at radius 1 is 1.21 bits per heavy atom. The fourth-order valence-electron chi connectivity index (χ4n) is 2.06. The van der Waals surface area contributed by atoms with Gasteiger partial charge < -0.3 is 14.6 Å². The van der Waals surface area contributed by atoms with Gasteiger partial charge in [-0.2, -0.15) is 13.2 Å². The van der Waals surface area contributed by atoms with Gasteiger partial charge in [-0.15, -0.1) is 0 Å². The number of carbonyl (C=O) groups is 1. The summed E-state index contributed by atoms with van der Waals surface area (Å²) in [6, 6.07) is 3.87. The summed E-state index contributed by atoms with van der Waals surface area (Å²) in [6.45, 7) is 3.08. The number of benzene rings is 1. The van der Waals surface area contributed by atoms with Crippen LogP contribution in [0, 0.1) is 0 Å². The van der Waals surface area contributed by atoms with E-state index < -0.39 is 28.9 Å². The van der Waals surface area contributed by atoms with Gasteiger partial charge in [0, 0.05) is 0 Å². The Bertz CT molecular complexity index is 496. The Morgan fingerprint density at radius 2 is 1.63 bits per heavy atom. The number of carboxylic acids is 1. The number of aliphatic carboxylic acids is 1. The average Bonchev–Trinajstić information content (AvgIpc) is 2.82. The minimum absolute atomic E-state index is 0. The zero-order valence-corrected chi connectivity index (χ0v) is 12.7. The van der Waals surface area contributed by atoms with Crippen LogP contribution in [0.5, 0.6) is 0 Å². The molecule has 0 N–H and O–H groups in total. The molecule has 0 bridgehead atoms. The second-order valence-electron chi connectivity index (χ2n) is 4.66. The van der Waals surface area contributed by atoms with Crippen molar-refractivity contribution in [1.29, 1.82) is 0 Å². The molecule has 0 amide bonds. The van der Waals surface area contributed by atoms with Crippen LogP contribution in [-0.2, 0) is 21.3 Å². The molecule has 0 saturated carbocycles. The van der Waals surface area contributed by atoms with Gasteiger partial charge in [0.25, 0.3) is 0 Å². The standard InChI is InChI=1S/C12H11F3O3.Na/c1-10(2)11(18-10,9(16)17)7-3-5-8(6-4-7)12(13,14)15;/h3-6H,1-2H3,(H,16,17);/q;+1/p-1. The molecule has 7 heteroatoms. The van der Waals surface area contributed by atoms with E-state index in [-0.39, 0.29) is 35.1 Å². The summed E-state index contributed by atoms with van der Waals surface area (Å²) in [5.41, 5.74) is -3.32. The number of epoxide rings is 1. The maximum Gasteiger partial charge on any atom is 1.00 e. The molecule has 0 radical (unpaired) electrons. The third-order valence-electron chi connectivity index (χ3n) is 3.12. The molecular formula is C12H10F3NaO3. The van der Waals surface area contributed by atoms with Crippen LogP contribution in [0.4, 0.5) is 13.2 Å². The number of ether oxygens (including phenoxy) is 1. The molecule has 0 aliphatic carbocycles. The van der Waals surface area contributed by atoms with E-state index in [4.69, 9.17) is 4.74 Å². The normalized spacial score (nSPS) is 24.5. The van der Waals surface area contributed by atoms with E-state index >= 15 is 0 Å². The minimum atomic E-state index is -4.45. The first-order valence-electron chi connectivity index (χ1n) is 5.20. The van der Waals surface area contributed by atoms with Crippen LogP contribution < -0.4 is 34.7 Å².